The lowest BCUT2D eigenvalue weighted by molar-refractivity contribution is -0.137. The van der Waals surface area contributed by atoms with Crippen LogP contribution >= 0.6 is 0 Å². The van der Waals surface area contributed by atoms with Gasteiger partial charge in [0.1, 0.15) is 11.5 Å². The summed E-state index contributed by atoms with van der Waals surface area (Å²) < 4.78 is 13.2. The molecule has 0 atom stereocenters. The van der Waals surface area contributed by atoms with Crippen LogP contribution in [0.4, 0.5) is 10.1 Å². The monoisotopic (exact) mass is 294 g/mol. The first-order valence-electron chi connectivity index (χ1n) is 5.92. The number of imide groups is 1. The van der Waals surface area contributed by atoms with E-state index in [1.54, 1.807) is 0 Å². The average molecular weight is 294 g/mol. The Morgan fingerprint density at radius 1 is 1.33 bits per heavy atom. The number of β-amino-alcohol motifs (C(OH)–C–C–N with tert-alkyl or cyclic N) is 1. The maximum absolute atomic E-state index is 13.2. The molecule has 1 aliphatic rings. The number of amides is 2. The number of nitrogens with zero attached hydrogens (tertiary/aromatic N) is 1. The summed E-state index contributed by atoms with van der Waals surface area (Å²) in [6, 6.07) is 2.94. The SMILES string of the molecule is O=C(O)c1ccc(F)cc1NC1=CC(=O)N(CCO)C1=O. The zero-order chi connectivity index (χ0) is 15.6. The maximum Gasteiger partial charge on any atom is 0.337 e. The normalized spacial score (nSPS) is 14.4. The van der Waals surface area contributed by atoms with Crippen molar-refractivity contribution in [3.05, 3.63) is 41.4 Å². The van der Waals surface area contributed by atoms with E-state index in [-0.39, 0.29) is 30.1 Å². The molecule has 1 aliphatic heterocycles. The smallest absolute Gasteiger partial charge is 0.337 e. The molecule has 2 amide bonds. The Labute approximate surface area is 118 Å². The van der Waals surface area contributed by atoms with Crippen LogP contribution < -0.4 is 5.32 Å². The predicted molar refractivity (Wildman–Crippen MR) is 68.9 cm³/mol. The molecule has 0 saturated heterocycles. The number of benzene rings is 1. The van der Waals surface area contributed by atoms with E-state index in [2.05, 4.69) is 5.32 Å². The highest BCUT2D eigenvalue weighted by Gasteiger charge is 2.31. The summed E-state index contributed by atoms with van der Waals surface area (Å²) in [5.41, 5.74) is -0.555. The second kappa shape index (κ2) is 5.71. The van der Waals surface area contributed by atoms with Gasteiger partial charge in [0, 0.05) is 6.08 Å². The largest absolute Gasteiger partial charge is 0.478 e. The Morgan fingerprint density at radius 3 is 2.67 bits per heavy atom. The van der Waals surface area contributed by atoms with E-state index in [0.717, 1.165) is 29.2 Å². The van der Waals surface area contributed by atoms with Crippen LogP contribution in [-0.4, -0.2) is 46.0 Å². The Hall–Kier alpha value is -2.74. The summed E-state index contributed by atoms with van der Waals surface area (Å²) in [5, 5.41) is 20.2. The summed E-state index contributed by atoms with van der Waals surface area (Å²) in [5.74, 6) is -3.34. The minimum absolute atomic E-state index is 0.138. The Balaban J connectivity index is 2.29. The molecule has 0 radical (unpaired) electrons. The number of carbonyl (C=O) groups is 3. The van der Waals surface area contributed by atoms with Crippen LogP contribution in [0.5, 0.6) is 0 Å². The summed E-state index contributed by atoms with van der Waals surface area (Å²) in [4.78, 5) is 35.3. The van der Waals surface area contributed by atoms with Gasteiger partial charge >= 0.3 is 5.97 Å². The van der Waals surface area contributed by atoms with Gasteiger partial charge in [0.15, 0.2) is 0 Å². The third-order valence-corrected chi connectivity index (χ3v) is 2.81. The molecule has 110 valence electrons. The van der Waals surface area contributed by atoms with E-state index in [1.807, 2.05) is 0 Å². The van der Waals surface area contributed by atoms with Gasteiger partial charge in [0.05, 0.1) is 24.4 Å². The number of anilines is 1. The number of hydrogen-bond acceptors (Lipinski definition) is 5. The Bertz CT molecular complexity index is 656. The van der Waals surface area contributed by atoms with Crippen LogP contribution in [0.1, 0.15) is 10.4 Å². The van der Waals surface area contributed by atoms with Crippen LogP contribution in [0.2, 0.25) is 0 Å². The summed E-state index contributed by atoms with van der Waals surface area (Å²) in [6.45, 7) is -0.562. The maximum atomic E-state index is 13.2. The molecule has 7 nitrogen and oxygen atoms in total. The van der Waals surface area contributed by atoms with Crippen molar-refractivity contribution in [1.82, 2.24) is 4.90 Å². The second-order valence-corrected chi connectivity index (χ2v) is 4.20. The molecule has 3 N–H and O–H groups in total. The molecule has 0 spiro atoms. The lowest BCUT2D eigenvalue weighted by atomic mass is 10.1. The number of hydrogen-bond donors (Lipinski definition) is 3. The zero-order valence-electron chi connectivity index (χ0n) is 10.7. The fraction of sp³-hybridized carbons (Fsp3) is 0.154. The van der Waals surface area contributed by atoms with Crippen LogP contribution in [0.15, 0.2) is 30.0 Å². The number of rotatable bonds is 5. The third kappa shape index (κ3) is 2.90. The highest BCUT2D eigenvalue weighted by molar-refractivity contribution is 6.17. The first-order chi connectivity index (χ1) is 9.93. The van der Waals surface area contributed by atoms with Crippen molar-refractivity contribution in [2.24, 2.45) is 0 Å². The molecule has 2 rings (SSSR count). The molecule has 0 bridgehead atoms. The van der Waals surface area contributed by atoms with E-state index in [9.17, 15) is 18.8 Å². The summed E-state index contributed by atoms with van der Waals surface area (Å²) in [7, 11) is 0. The highest BCUT2D eigenvalue weighted by Crippen LogP contribution is 2.22. The van der Waals surface area contributed by atoms with E-state index in [0.29, 0.717) is 0 Å². The number of aromatic carboxylic acids is 1. The molecule has 0 fully saturated rings. The van der Waals surface area contributed by atoms with Gasteiger partial charge in [-0.15, -0.1) is 0 Å². The van der Waals surface area contributed by atoms with Crippen LogP contribution in [0, 0.1) is 5.82 Å². The fourth-order valence-electron chi connectivity index (χ4n) is 1.86. The van der Waals surface area contributed by atoms with Crippen LogP contribution in [-0.2, 0) is 9.59 Å². The number of nitrogens with one attached hydrogen (secondary N) is 1. The number of aliphatic hydroxyl groups excluding tert-OH is 1. The molecule has 0 aliphatic carbocycles. The van der Waals surface area contributed by atoms with E-state index in [1.165, 1.54) is 0 Å². The molecule has 8 heteroatoms. The first-order valence-corrected chi connectivity index (χ1v) is 5.92. The molecular weight excluding hydrogens is 283 g/mol. The predicted octanol–water partition coefficient (Wildman–Crippen LogP) is 0.181. The molecule has 0 aromatic heterocycles. The number of aliphatic hydroxyl groups is 1. The molecule has 1 aromatic rings. The molecule has 0 saturated carbocycles. The standard InChI is InChI=1S/C13H11FN2O5/c14-7-1-2-8(13(20)21)9(5-7)15-10-6-11(18)16(3-4-17)12(10)19/h1-2,5-6,15,17H,3-4H2,(H,20,21). The topological polar surface area (TPSA) is 107 Å². The second-order valence-electron chi connectivity index (χ2n) is 4.20. The molecular formula is C13H11FN2O5. The van der Waals surface area contributed by atoms with Gasteiger partial charge < -0.3 is 15.5 Å². The minimum atomic E-state index is -1.30. The molecule has 0 unspecified atom stereocenters. The molecule has 1 heterocycles. The summed E-state index contributed by atoms with van der Waals surface area (Å²) >= 11 is 0. The molecule has 1 aromatic carbocycles. The Morgan fingerprint density at radius 2 is 2.05 bits per heavy atom. The molecule has 21 heavy (non-hydrogen) atoms. The van der Waals surface area contributed by atoms with Gasteiger partial charge in [-0.2, -0.15) is 0 Å². The van der Waals surface area contributed by atoms with Crippen molar-refractivity contribution in [1.29, 1.82) is 0 Å². The quantitative estimate of drug-likeness (QED) is 0.669. The summed E-state index contributed by atoms with van der Waals surface area (Å²) in [6.07, 6.45) is 0.967. The van der Waals surface area contributed by atoms with E-state index < -0.39 is 23.6 Å². The number of halogens is 1. The number of carbonyl (C=O) groups excluding carboxylic acids is 2. The van der Waals surface area contributed by atoms with Crippen molar-refractivity contribution in [2.45, 2.75) is 0 Å². The average Bonchev–Trinajstić information content (AvgIpc) is 2.67. The van der Waals surface area contributed by atoms with Gasteiger partial charge in [-0.25, -0.2) is 9.18 Å². The van der Waals surface area contributed by atoms with Gasteiger partial charge in [-0.05, 0) is 18.2 Å². The van der Waals surface area contributed by atoms with Crippen molar-refractivity contribution in [3.8, 4) is 0 Å². The Kier molecular flexibility index (Phi) is 3.99. The van der Waals surface area contributed by atoms with Gasteiger partial charge in [-0.1, -0.05) is 0 Å². The van der Waals surface area contributed by atoms with Crippen LogP contribution in [0.3, 0.4) is 0 Å². The lowest BCUT2D eigenvalue weighted by Crippen LogP contribution is -2.34. The fourth-order valence-corrected chi connectivity index (χ4v) is 1.86. The minimum Gasteiger partial charge on any atom is -0.478 e. The number of carboxylic acid groups (broad SMARTS) is 1. The van der Waals surface area contributed by atoms with Crippen molar-refractivity contribution < 1.29 is 29.0 Å². The van der Waals surface area contributed by atoms with E-state index in [4.69, 9.17) is 10.2 Å². The van der Waals surface area contributed by atoms with Gasteiger partial charge in [0.25, 0.3) is 11.8 Å². The van der Waals surface area contributed by atoms with Crippen LogP contribution in [0.25, 0.3) is 0 Å². The van der Waals surface area contributed by atoms with Crippen molar-refractivity contribution >= 4 is 23.5 Å². The van der Waals surface area contributed by atoms with Crippen molar-refractivity contribution in [2.75, 3.05) is 18.5 Å². The van der Waals surface area contributed by atoms with Crippen molar-refractivity contribution in [3.63, 3.8) is 0 Å². The zero-order valence-corrected chi connectivity index (χ0v) is 10.7. The third-order valence-electron chi connectivity index (χ3n) is 2.81. The first kappa shape index (κ1) is 14.7. The highest BCUT2D eigenvalue weighted by atomic mass is 19.1. The van der Waals surface area contributed by atoms with Gasteiger partial charge in [-0.3, -0.25) is 14.5 Å². The van der Waals surface area contributed by atoms with Gasteiger partial charge in [0.2, 0.25) is 0 Å². The van der Waals surface area contributed by atoms with E-state index >= 15 is 0 Å². The number of carboxylic acids is 1. The lowest BCUT2D eigenvalue weighted by Gasteiger charge is -2.14.